The second-order valence-corrected chi connectivity index (χ2v) is 5.47. The summed E-state index contributed by atoms with van der Waals surface area (Å²) < 4.78 is 40.4. The highest BCUT2D eigenvalue weighted by Crippen LogP contribution is 2.20. The van der Waals surface area contributed by atoms with Crippen LogP contribution in [0.15, 0.2) is 40.9 Å². The number of anilines is 1. The van der Waals surface area contributed by atoms with Gasteiger partial charge < -0.3 is 5.32 Å². The zero-order chi connectivity index (χ0) is 17.3. The van der Waals surface area contributed by atoms with Gasteiger partial charge in [0.2, 0.25) is 0 Å². The number of tetrazole rings is 1. The van der Waals surface area contributed by atoms with Gasteiger partial charge in [-0.1, -0.05) is 15.9 Å². The van der Waals surface area contributed by atoms with Crippen LogP contribution in [0.1, 0.15) is 10.6 Å². The molecule has 0 aliphatic heterocycles. The molecule has 0 bridgehead atoms. The largest absolute Gasteiger partial charge is 0.316 e. The first kappa shape index (κ1) is 16.1. The van der Waals surface area contributed by atoms with Crippen molar-refractivity contribution in [2.75, 3.05) is 5.32 Å². The average Bonchev–Trinajstić information content (AvgIpc) is 3.06. The Balaban J connectivity index is 1.82. The molecular weight excluding hydrogens is 391 g/mol. The fourth-order valence-corrected chi connectivity index (χ4v) is 2.05. The molecule has 1 aromatic heterocycles. The van der Waals surface area contributed by atoms with Crippen molar-refractivity contribution in [3.05, 3.63) is 64.1 Å². The molecule has 24 heavy (non-hydrogen) atoms. The number of benzene rings is 2. The van der Waals surface area contributed by atoms with Crippen molar-refractivity contribution in [2.45, 2.75) is 0 Å². The molecule has 0 unspecified atom stereocenters. The average molecular weight is 398 g/mol. The van der Waals surface area contributed by atoms with Gasteiger partial charge in [-0.05, 0) is 41.6 Å². The summed E-state index contributed by atoms with van der Waals surface area (Å²) >= 11 is 3.28. The van der Waals surface area contributed by atoms with Crippen LogP contribution >= 0.6 is 15.9 Å². The van der Waals surface area contributed by atoms with Crippen molar-refractivity contribution >= 4 is 27.5 Å². The molecule has 0 radical (unpaired) electrons. The van der Waals surface area contributed by atoms with E-state index in [1.165, 1.54) is 0 Å². The van der Waals surface area contributed by atoms with Gasteiger partial charge in [0.05, 0.1) is 11.4 Å². The lowest BCUT2D eigenvalue weighted by Crippen LogP contribution is -2.16. The third-order valence-electron chi connectivity index (χ3n) is 2.96. The highest BCUT2D eigenvalue weighted by molar-refractivity contribution is 9.10. The van der Waals surface area contributed by atoms with E-state index in [9.17, 15) is 18.0 Å². The summed E-state index contributed by atoms with van der Waals surface area (Å²) in [5.41, 5.74) is 0.0163. The maximum atomic E-state index is 13.6. The van der Waals surface area contributed by atoms with Gasteiger partial charge >= 0.3 is 0 Å². The number of nitrogens with zero attached hydrogens (tertiary/aromatic N) is 4. The second-order valence-electron chi connectivity index (χ2n) is 4.56. The van der Waals surface area contributed by atoms with Gasteiger partial charge in [-0.15, -0.1) is 15.0 Å². The number of amides is 1. The van der Waals surface area contributed by atoms with Crippen LogP contribution in [0.3, 0.4) is 0 Å². The summed E-state index contributed by atoms with van der Waals surface area (Å²) in [6, 6.07) is 8.44. The Morgan fingerprint density at radius 2 is 1.75 bits per heavy atom. The Morgan fingerprint density at radius 3 is 2.46 bits per heavy atom. The van der Waals surface area contributed by atoms with E-state index in [0.29, 0.717) is 11.8 Å². The topological polar surface area (TPSA) is 72.7 Å². The van der Waals surface area contributed by atoms with Gasteiger partial charge in [0, 0.05) is 4.47 Å². The lowest BCUT2D eigenvalue weighted by atomic mass is 10.2. The molecule has 3 rings (SSSR count). The molecule has 0 aliphatic carbocycles. The van der Waals surface area contributed by atoms with Gasteiger partial charge in [-0.25, -0.2) is 13.2 Å². The fraction of sp³-hybridized carbons (Fsp3) is 0. The first-order valence-electron chi connectivity index (χ1n) is 6.46. The van der Waals surface area contributed by atoms with Gasteiger partial charge in [0.25, 0.3) is 11.7 Å². The third-order valence-corrected chi connectivity index (χ3v) is 3.49. The van der Waals surface area contributed by atoms with Crippen LogP contribution in [0.5, 0.6) is 0 Å². The molecule has 0 atom stereocenters. The molecule has 0 spiro atoms. The molecule has 6 nitrogen and oxygen atoms in total. The summed E-state index contributed by atoms with van der Waals surface area (Å²) in [6.07, 6.45) is 0. The maximum Gasteiger partial charge on any atom is 0.297 e. The number of halogens is 4. The summed E-state index contributed by atoms with van der Waals surface area (Å²) in [4.78, 5) is 13.1. The van der Waals surface area contributed by atoms with Crippen LogP contribution in [0, 0.1) is 17.5 Å². The van der Waals surface area contributed by atoms with E-state index in [0.717, 1.165) is 15.3 Å². The molecule has 1 heterocycles. The number of carbonyl (C=O) groups excluding carboxylic acids is 1. The summed E-state index contributed by atoms with van der Waals surface area (Å²) in [7, 11) is 0. The molecule has 0 saturated carbocycles. The lowest BCUT2D eigenvalue weighted by Gasteiger charge is -2.04. The molecule has 10 heteroatoms. The smallest absolute Gasteiger partial charge is 0.297 e. The molecule has 1 N–H and O–H groups in total. The molecule has 122 valence electrons. The molecule has 0 saturated heterocycles. The molecule has 3 aromatic rings. The van der Waals surface area contributed by atoms with E-state index in [2.05, 4.69) is 36.7 Å². The first-order chi connectivity index (χ1) is 11.5. The number of hydrogen-bond donors (Lipinski definition) is 1. The molecule has 2 aromatic carbocycles. The fourth-order valence-electron chi connectivity index (χ4n) is 1.79. The van der Waals surface area contributed by atoms with E-state index in [1.54, 1.807) is 24.3 Å². The van der Waals surface area contributed by atoms with Crippen molar-refractivity contribution in [2.24, 2.45) is 0 Å². The number of aromatic nitrogens is 4. The summed E-state index contributed by atoms with van der Waals surface area (Å²) in [6.45, 7) is 0. The minimum Gasteiger partial charge on any atom is -0.316 e. The van der Waals surface area contributed by atoms with Crippen LogP contribution in [-0.4, -0.2) is 26.1 Å². The Hall–Kier alpha value is -2.75. The van der Waals surface area contributed by atoms with E-state index in [-0.39, 0.29) is 5.82 Å². The minimum absolute atomic E-state index is 0.359. The van der Waals surface area contributed by atoms with Crippen molar-refractivity contribution in [1.82, 2.24) is 20.2 Å². The van der Waals surface area contributed by atoms with Gasteiger partial charge in [0.15, 0.2) is 17.5 Å². The quantitative estimate of drug-likeness (QED) is 0.689. The van der Waals surface area contributed by atoms with Crippen molar-refractivity contribution < 1.29 is 18.0 Å². The zero-order valence-electron chi connectivity index (χ0n) is 11.7. The minimum atomic E-state index is -1.68. The summed E-state index contributed by atoms with van der Waals surface area (Å²) in [5, 5.41) is 13.2. The van der Waals surface area contributed by atoms with Crippen molar-refractivity contribution in [3.63, 3.8) is 0 Å². The van der Waals surface area contributed by atoms with Gasteiger partial charge in [0.1, 0.15) is 0 Å². The van der Waals surface area contributed by atoms with Crippen LogP contribution in [0.25, 0.3) is 5.69 Å². The van der Waals surface area contributed by atoms with Crippen LogP contribution < -0.4 is 5.32 Å². The van der Waals surface area contributed by atoms with E-state index in [4.69, 9.17) is 0 Å². The van der Waals surface area contributed by atoms with E-state index >= 15 is 0 Å². The Labute approximate surface area is 141 Å². The predicted octanol–water partition coefficient (Wildman–Crippen LogP) is 3.09. The van der Waals surface area contributed by atoms with Gasteiger partial charge in [-0.2, -0.15) is 0 Å². The van der Waals surface area contributed by atoms with Crippen molar-refractivity contribution in [1.29, 1.82) is 0 Å². The number of carbonyl (C=O) groups is 1. The maximum absolute atomic E-state index is 13.6. The molecule has 1 amide bonds. The standard InChI is InChI=1S/C14H7BrF3N5O/c15-7-1-3-8(4-2-7)23-21-13(20-22-23)14(24)19-10-6-5-9(16)11(17)12(10)18/h1-6H,(H,19,24). The lowest BCUT2D eigenvalue weighted by molar-refractivity contribution is 0.101. The zero-order valence-corrected chi connectivity index (χ0v) is 13.3. The monoisotopic (exact) mass is 397 g/mol. The van der Waals surface area contributed by atoms with E-state index in [1.807, 2.05) is 0 Å². The highest BCUT2D eigenvalue weighted by atomic mass is 79.9. The van der Waals surface area contributed by atoms with Crippen LogP contribution in [-0.2, 0) is 0 Å². The Morgan fingerprint density at radius 1 is 1.04 bits per heavy atom. The molecular formula is C14H7BrF3N5O. The van der Waals surface area contributed by atoms with E-state index < -0.39 is 29.0 Å². The third kappa shape index (κ3) is 3.13. The van der Waals surface area contributed by atoms with Crippen molar-refractivity contribution in [3.8, 4) is 5.69 Å². The Bertz CT molecular complexity index is 913. The molecule has 0 fully saturated rings. The number of nitrogens with one attached hydrogen (secondary N) is 1. The predicted molar refractivity (Wildman–Crippen MR) is 81.1 cm³/mol. The van der Waals surface area contributed by atoms with Crippen LogP contribution in [0.4, 0.5) is 18.9 Å². The highest BCUT2D eigenvalue weighted by Gasteiger charge is 2.19. The first-order valence-corrected chi connectivity index (χ1v) is 7.26. The summed E-state index contributed by atoms with van der Waals surface area (Å²) in [5.74, 6) is -5.82. The normalized spacial score (nSPS) is 10.7. The van der Waals surface area contributed by atoms with Crippen LogP contribution in [0.2, 0.25) is 0 Å². The molecule has 0 aliphatic rings. The second kappa shape index (κ2) is 6.40. The number of rotatable bonds is 3. The van der Waals surface area contributed by atoms with Gasteiger partial charge in [-0.3, -0.25) is 4.79 Å². The Kier molecular flexibility index (Phi) is 4.30. The SMILES string of the molecule is O=C(Nc1ccc(F)c(F)c1F)c1nnn(-c2ccc(Br)cc2)n1. The number of hydrogen-bond acceptors (Lipinski definition) is 4.